The molecule has 0 aliphatic rings. The summed E-state index contributed by atoms with van der Waals surface area (Å²) in [5.41, 5.74) is 3.99. The van der Waals surface area contributed by atoms with Gasteiger partial charge in [0, 0.05) is 22.7 Å². The Labute approximate surface area is 164 Å². The molecular weight excluding hydrogens is 374 g/mol. The Hall–Kier alpha value is -3.39. The molecule has 3 heterocycles. The second-order valence-electron chi connectivity index (χ2n) is 6.29. The van der Waals surface area contributed by atoms with Crippen LogP contribution in [0, 0.1) is 6.92 Å². The highest BCUT2D eigenvalue weighted by molar-refractivity contribution is 7.98. The van der Waals surface area contributed by atoms with Crippen LogP contribution in [-0.4, -0.2) is 25.3 Å². The fourth-order valence-electron chi connectivity index (χ4n) is 2.96. The minimum Gasteiger partial charge on any atom is -0.411 e. The standard InChI is InChI=1S/C20H15N5O2S/c1-12-5-4-6-13(9-12)18-22-17(27-25-18)11-28-20-24-23-19(26-20)15-10-21-16-8-3-2-7-14(15)16/h2-10,21H,11H2,1H3. The van der Waals surface area contributed by atoms with Gasteiger partial charge in [-0.25, -0.2) is 0 Å². The number of aromatic amines is 1. The van der Waals surface area contributed by atoms with Crippen LogP contribution in [0.5, 0.6) is 0 Å². The van der Waals surface area contributed by atoms with Gasteiger partial charge in [0.15, 0.2) is 0 Å². The molecule has 0 fully saturated rings. The first-order valence-electron chi connectivity index (χ1n) is 8.69. The molecule has 5 aromatic rings. The molecule has 8 heteroatoms. The summed E-state index contributed by atoms with van der Waals surface area (Å²) >= 11 is 1.36. The Morgan fingerprint density at radius 1 is 1.07 bits per heavy atom. The number of H-pyrrole nitrogens is 1. The third kappa shape index (κ3) is 3.18. The normalized spacial score (nSPS) is 11.3. The molecule has 0 aliphatic heterocycles. The first-order chi connectivity index (χ1) is 13.8. The lowest BCUT2D eigenvalue weighted by molar-refractivity contribution is 0.391. The molecule has 0 saturated carbocycles. The average Bonchev–Trinajstić information content (AvgIpc) is 3.45. The molecule has 0 unspecified atom stereocenters. The van der Waals surface area contributed by atoms with Gasteiger partial charge >= 0.3 is 0 Å². The molecule has 0 saturated heterocycles. The summed E-state index contributed by atoms with van der Waals surface area (Å²) in [5.74, 6) is 2.01. The van der Waals surface area contributed by atoms with Crippen molar-refractivity contribution in [2.75, 3.05) is 0 Å². The molecule has 138 valence electrons. The van der Waals surface area contributed by atoms with Gasteiger partial charge in [-0.15, -0.1) is 10.2 Å². The van der Waals surface area contributed by atoms with Crippen LogP contribution in [0.1, 0.15) is 11.5 Å². The van der Waals surface area contributed by atoms with Crippen LogP contribution in [0.3, 0.4) is 0 Å². The molecule has 0 spiro atoms. The van der Waals surface area contributed by atoms with Crippen LogP contribution in [0.2, 0.25) is 0 Å². The second-order valence-corrected chi connectivity index (χ2v) is 7.22. The number of nitrogens with zero attached hydrogens (tertiary/aromatic N) is 4. The third-order valence-corrected chi connectivity index (χ3v) is 5.09. The third-order valence-electron chi connectivity index (χ3n) is 4.29. The number of aryl methyl sites for hydroxylation is 1. The molecular formula is C20H15N5O2S. The van der Waals surface area contributed by atoms with Gasteiger partial charge < -0.3 is 13.9 Å². The predicted octanol–water partition coefficient (Wildman–Crippen LogP) is 4.87. The molecule has 3 aromatic heterocycles. The van der Waals surface area contributed by atoms with E-state index in [1.54, 1.807) is 0 Å². The minimum atomic E-state index is 0.453. The lowest BCUT2D eigenvalue weighted by Crippen LogP contribution is -1.84. The van der Waals surface area contributed by atoms with E-state index in [2.05, 4.69) is 25.3 Å². The second kappa shape index (κ2) is 6.97. The maximum absolute atomic E-state index is 5.80. The van der Waals surface area contributed by atoms with E-state index in [1.807, 2.05) is 61.7 Å². The van der Waals surface area contributed by atoms with E-state index in [-0.39, 0.29) is 0 Å². The van der Waals surface area contributed by atoms with Crippen molar-refractivity contribution in [1.82, 2.24) is 25.3 Å². The van der Waals surface area contributed by atoms with Gasteiger partial charge in [-0.1, -0.05) is 58.9 Å². The van der Waals surface area contributed by atoms with Crippen LogP contribution in [-0.2, 0) is 5.75 Å². The summed E-state index contributed by atoms with van der Waals surface area (Å²) in [5, 5.41) is 13.8. The van der Waals surface area contributed by atoms with Crippen molar-refractivity contribution < 1.29 is 8.94 Å². The topological polar surface area (TPSA) is 93.6 Å². The first kappa shape index (κ1) is 16.8. The zero-order valence-corrected chi connectivity index (χ0v) is 15.7. The summed E-state index contributed by atoms with van der Waals surface area (Å²) in [6.07, 6.45) is 1.87. The van der Waals surface area contributed by atoms with Crippen LogP contribution >= 0.6 is 11.8 Å². The van der Waals surface area contributed by atoms with E-state index in [0.29, 0.717) is 28.6 Å². The van der Waals surface area contributed by atoms with Gasteiger partial charge in [-0.05, 0) is 19.1 Å². The molecule has 0 bridgehead atoms. The number of benzene rings is 2. The molecule has 7 nitrogen and oxygen atoms in total. The van der Waals surface area contributed by atoms with Crippen molar-refractivity contribution in [2.45, 2.75) is 17.9 Å². The van der Waals surface area contributed by atoms with E-state index < -0.39 is 0 Å². The molecule has 2 aromatic carbocycles. The van der Waals surface area contributed by atoms with E-state index in [1.165, 1.54) is 11.8 Å². The highest BCUT2D eigenvalue weighted by Crippen LogP contribution is 2.30. The maximum Gasteiger partial charge on any atom is 0.277 e. The Kier molecular flexibility index (Phi) is 4.17. The number of thioether (sulfide) groups is 1. The lowest BCUT2D eigenvalue weighted by atomic mass is 10.1. The summed E-state index contributed by atoms with van der Waals surface area (Å²) in [6.45, 7) is 2.03. The number of rotatable bonds is 5. The van der Waals surface area contributed by atoms with Crippen molar-refractivity contribution in [3.8, 4) is 22.8 Å². The Balaban J connectivity index is 1.31. The van der Waals surface area contributed by atoms with E-state index in [4.69, 9.17) is 8.94 Å². The van der Waals surface area contributed by atoms with Crippen LogP contribution in [0.25, 0.3) is 33.7 Å². The first-order valence-corrected chi connectivity index (χ1v) is 9.67. The van der Waals surface area contributed by atoms with Gasteiger partial charge in [0.1, 0.15) is 0 Å². The van der Waals surface area contributed by atoms with Gasteiger partial charge in [-0.2, -0.15) is 4.98 Å². The summed E-state index contributed by atoms with van der Waals surface area (Å²) < 4.78 is 11.1. The monoisotopic (exact) mass is 389 g/mol. The fourth-order valence-corrected chi connectivity index (χ4v) is 3.56. The highest BCUT2D eigenvalue weighted by Gasteiger charge is 2.15. The molecule has 0 amide bonds. The minimum absolute atomic E-state index is 0.453. The van der Waals surface area contributed by atoms with Crippen LogP contribution < -0.4 is 0 Å². The van der Waals surface area contributed by atoms with Gasteiger partial charge in [0.05, 0.1) is 11.3 Å². The van der Waals surface area contributed by atoms with E-state index in [0.717, 1.165) is 27.6 Å². The molecule has 0 radical (unpaired) electrons. The van der Waals surface area contributed by atoms with Gasteiger partial charge in [0.25, 0.3) is 11.1 Å². The SMILES string of the molecule is Cc1cccc(-c2noc(CSc3nnc(-c4c[nH]c5ccccc45)o3)n2)c1. The average molecular weight is 389 g/mol. The number of hydrogen-bond donors (Lipinski definition) is 1. The number of para-hydroxylation sites is 1. The van der Waals surface area contributed by atoms with Crippen molar-refractivity contribution in [3.63, 3.8) is 0 Å². The van der Waals surface area contributed by atoms with Gasteiger partial charge in [-0.3, -0.25) is 0 Å². The van der Waals surface area contributed by atoms with E-state index >= 15 is 0 Å². The van der Waals surface area contributed by atoms with Crippen molar-refractivity contribution in [2.24, 2.45) is 0 Å². The largest absolute Gasteiger partial charge is 0.411 e. The smallest absolute Gasteiger partial charge is 0.277 e. The number of nitrogens with one attached hydrogen (secondary N) is 1. The molecule has 28 heavy (non-hydrogen) atoms. The maximum atomic E-state index is 5.80. The predicted molar refractivity (Wildman–Crippen MR) is 106 cm³/mol. The molecule has 0 atom stereocenters. The molecule has 5 rings (SSSR count). The van der Waals surface area contributed by atoms with Crippen LogP contribution in [0.4, 0.5) is 0 Å². The zero-order chi connectivity index (χ0) is 18.9. The lowest BCUT2D eigenvalue weighted by Gasteiger charge is -1.95. The van der Waals surface area contributed by atoms with Crippen molar-refractivity contribution in [1.29, 1.82) is 0 Å². The van der Waals surface area contributed by atoms with Crippen molar-refractivity contribution >= 4 is 22.7 Å². The van der Waals surface area contributed by atoms with E-state index in [9.17, 15) is 0 Å². The number of hydrogen-bond acceptors (Lipinski definition) is 7. The number of fused-ring (bicyclic) bond motifs is 1. The summed E-state index contributed by atoms with van der Waals surface area (Å²) in [6, 6.07) is 16.0. The van der Waals surface area contributed by atoms with Crippen LogP contribution in [0.15, 0.2) is 68.9 Å². The molecule has 0 aliphatic carbocycles. The Bertz CT molecular complexity index is 1260. The quantitative estimate of drug-likeness (QED) is 0.429. The summed E-state index contributed by atoms with van der Waals surface area (Å²) in [4.78, 5) is 7.65. The van der Waals surface area contributed by atoms with Crippen molar-refractivity contribution in [3.05, 3.63) is 66.2 Å². The Morgan fingerprint density at radius 3 is 2.93 bits per heavy atom. The van der Waals surface area contributed by atoms with Gasteiger partial charge in [0.2, 0.25) is 11.7 Å². The zero-order valence-electron chi connectivity index (χ0n) is 14.9. The highest BCUT2D eigenvalue weighted by atomic mass is 32.2. The summed E-state index contributed by atoms with van der Waals surface area (Å²) in [7, 11) is 0. The molecule has 1 N–H and O–H groups in total. The Morgan fingerprint density at radius 2 is 2.00 bits per heavy atom. The fraction of sp³-hybridized carbons (Fsp3) is 0.100. The number of aromatic nitrogens is 5.